The average molecular weight is 288 g/mol. The molecule has 2 aromatic rings. The van der Waals surface area contributed by atoms with Gasteiger partial charge in [-0.25, -0.2) is 4.21 Å². The van der Waals surface area contributed by atoms with E-state index in [4.69, 9.17) is 4.18 Å². The van der Waals surface area contributed by atoms with Gasteiger partial charge in [0.15, 0.2) is 5.78 Å². The first-order valence-corrected chi connectivity index (χ1v) is 7.34. The summed E-state index contributed by atoms with van der Waals surface area (Å²) >= 11 is -1.76. The van der Waals surface area contributed by atoms with Crippen LogP contribution in [0.4, 0.5) is 0 Å². The highest BCUT2D eigenvalue weighted by Crippen LogP contribution is 2.22. The topological polar surface area (TPSA) is 43.4 Å². The zero-order valence-corrected chi connectivity index (χ0v) is 12.2. The van der Waals surface area contributed by atoms with Gasteiger partial charge in [-0.1, -0.05) is 48.5 Å². The molecule has 104 valence electrons. The zero-order chi connectivity index (χ0) is 14.6. The molecule has 0 aromatic heterocycles. The second-order valence-corrected chi connectivity index (χ2v) is 6.49. The van der Waals surface area contributed by atoms with Crippen LogP contribution in [-0.2, 0) is 11.1 Å². The van der Waals surface area contributed by atoms with Gasteiger partial charge < -0.3 is 4.18 Å². The molecule has 0 aliphatic heterocycles. The first-order valence-electron chi connectivity index (χ1n) is 6.27. The van der Waals surface area contributed by atoms with E-state index in [9.17, 15) is 9.00 Å². The van der Waals surface area contributed by atoms with Crippen molar-refractivity contribution in [2.45, 2.75) is 18.6 Å². The average Bonchev–Trinajstić information content (AvgIpc) is 2.48. The van der Waals surface area contributed by atoms with Crippen molar-refractivity contribution in [1.82, 2.24) is 0 Å². The third-order valence-corrected chi connectivity index (χ3v) is 4.28. The lowest BCUT2D eigenvalue weighted by Gasteiger charge is -2.21. The summed E-state index contributed by atoms with van der Waals surface area (Å²) in [4.78, 5) is 12.4. The Balaban J connectivity index is 2.17. The van der Waals surface area contributed by atoms with Crippen LogP contribution >= 0.6 is 0 Å². The molecule has 3 nitrogen and oxygen atoms in total. The summed E-state index contributed by atoms with van der Waals surface area (Å²) < 4.78 is 16.6. The molecule has 0 spiro atoms. The Morgan fingerprint density at radius 1 is 0.950 bits per heavy atom. The summed E-state index contributed by atoms with van der Waals surface area (Å²) in [7, 11) is 0. The van der Waals surface area contributed by atoms with E-state index < -0.39 is 15.8 Å². The molecule has 0 heterocycles. The predicted octanol–water partition coefficient (Wildman–Crippen LogP) is 3.39. The summed E-state index contributed by atoms with van der Waals surface area (Å²) in [5.41, 5.74) is 0.530. The lowest BCUT2D eigenvalue weighted by molar-refractivity contribution is 0.0953. The molecule has 0 N–H and O–H groups in total. The molecule has 4 heteroatoms. The minimum absolute atomic E-state index is 0.202. The molecule has 0 saturated carbocycles. The molecule has 20 heavy (non-hydrogen) atoms. The molecule has 1 atom stereocenters. The minimum atomic E-state index is -1.76. The van der Waals surface area contributed by atoms with Crippen LogP contribution < -0.4 is 4.18 Å². The Morgan fingerprint density at radius 3 is 2.00 bits per heavy atom. The smallest absolute Gasteiger partial charge is 0.220 e. The van der Waals surface area contributed by atoms with Gasteiger partial charge in [0.25, 0.3) is 0 Å². The lowest BCUT2D eigenvalue weighted by atomic mass is 10.0. The molecule has 0 bridgehead atoms. The number of carbonyl (C=O) groups is 1. The zero-order valence-electron chi connectivity index (χ0n) is 11.4. The third kappa shape index (κ3) is 3.14. The van der Waals surface area contributed by atoms with Gasteiger partial charge in [-0.3, -0.25) is 4.79 Å². The Hall–Kier alpha value is -1.94. The summed E-state index contributed by atoms with van der Waals surface area (Å²) in [6.45, 7) is 3.25. The fourth-order valence-corrected chi connectivity index (χ4v) is 2.44. The summed E-state index contributed by atoms with van der Waals surface area (Å²) in [5, 5.41) is 0. The van der Waals surface area contributed by atoms with Crippen molar-refractivity contribution < 1.29 is 13.2 Å². The molecule has 0 aliphatic rings. The van der Waals surface area contributed by atoms with Crippen LogP contribution in [0, 0.1) is 0 Å². The van der Waals surface area contributed by atoms with Gasteiger partial charge in [-0.2, -0.15) is 0 Å². The number of para-hydroxylation sites is 1. The van der Waals surface area contributed by atoms with E-state index in [0.29, 0.717) is 11.3 Å². The van der Waals surface area contributed by atoms with Crippen LogP contribution in [0.25, 0.3) is 0 Å². The fourth-order valence-electron chi connectivity index (χ4n) is 1.68. The van der Waals surface area contributed by atoms with Crippen molar-refractivity contribution in [1.29, 1.82) is 0 Å². The second kappa shape index (κ2) is 6.01. The molecular weight excluding hydrogens is 272 g/mol. The van der Waals surface area contributed by atoms with Crippen molar-refractivity contribution in [3.05, 3.63) is 66.2 Å². The minimum Gasteiger partial charge on any atom is -0.400 e. The van der Waals surface area contributed by atoms with Gasteiger partial charge in [-0.05, 0) is 26.0 Å². The highest BCUT2D eigenvalue weighted by atomic mass is 32.2. The van der Waals surface area contributed by atoms with E-state index in [0.717, 1.165) is 0 Å². The van der Waals surface area contributed by atoms with Crippen LogP contribution in [0.1, 0.15) is 24.2 Å². The summed E-state index contributed by atoms with van der Waals surface area (Å²) in [6.07, 6.45) is 0. The molecule has 0 aliphatic carbocycles. The number of carbonyl (C=O) groups excluding carboxylic acids is 1. The van der Waals surface area contributed by atoms with Gasteiger partial charge in [0.05, 0.1) is 0 Å². The van der Waals surface area contributed by atoms with E-state index in [1.807, 2.05) is 12.1 Å². The number of ketones is 1. The molecule has 1 unspecified atom stereocenters. The molecule has 2 rings (SSSR count). The van der Waals surface area contributed by atoms with Gasteiger partial charge in [-0.15, -0.1) is 0 Å². The van der Waals surface area contributed by atoms with E-state index >= 15 is 0 Å². The first-order chi connectivity index (χ1) is 9.51. The standard InChI is InChI=1S/C16H16O3S/c1-16(2,15(17)13-9-5-3-6-10-13)20(18)19-14-11-7-4-8-12-14/h3-12H,1-2H3. The van der Waals surface area contributed by atoms with E-state index in [2.05, 4.69) is 0 Å². The summed E-state index contributed by atoms with van der Waals surface area (Å²) in [6, 6.07) is 17.7. The monoisotopic (exact) mass is 288 g/mol. The Morgan fingerprint density at radius 2 is 1.45 bits per heavy atom. The van der Waals surface area contributed by atoms with Gasteiger partial charge in [0.1, 0.15) is 10.5 Å². The molecular formula is C16H16O3S. The van der Waals surface area contributed by atoms with E-state index in [1.54, 1.807) is 62.4 Å². The van der Waals surface area contributed by atoms with Crippen LogP contribution in [0.15, 0.2) is 60.7 Å². The van der Waals surface area contributed by atoms with Crippen LogP contribution in [0.5, 0.6) is 5.75 Å². The van der Waals surface area contributed by atoms with Crippen LogP contribution in [0.2, 0.25) is 0 Å². The highest BCUT2D eigenvalue weighted by Gasteiger charge is 2.37. The van der Waals surface area contributed by atoms with E-state index in [-0.39, 0.29) is 5.78 Å². The number of Topliss-reactive ketones (excluding diaryl/α,β-unsaturated/α-hetero) is 1. The first kappa shape index (κ1) is 14.5. The number of hydrogen-bond donors (Lipinski definition) is 0. The van der Waals surface area contributed by atoms with Crippen molar-refractivity contribution in [2.24, 2.45) is 0 Å². The highest BCUT2D eigenvalue weighted by molar-refractivity contribution is 7.83. The maximum atomic E-state index is 12.4. The maximum Gasteiger partial charge on any atom is 0.220 e. The van der Waals surface area contributed by atoms with Crippen LogP contribution in [-0.4, -0.2) is 14.7 Å². The number of hydrogen-bond acceptors (Lipinski definition) is 3. The van der Waals surface area contributed by atoms with Crippen molar-refractivity contribution in [3.63, 3.8) is 0 Å². The van der Waals surface area contributed by atoms with Crippen molar-refractivity contribution >= 4 is 16.9 Å². The molecule has 0 amide bonds. The number of benzene rings is 2. The second-order valence-electron chi connectivity index (χ2n) is 4.84. The third-order valence-electron chi connectivity index (χ3n) is 2.91. The molecule has 0 fully saturated rings. The Bertz CT molecular complexity index is 606. The molecule has 0 radical (unpaired) electrons. The number of rotatable bonds is 5. The maximum absolute atomic E-state index is 12.4. The Labute approximate surface area is 121 Å². The normalized spacial score (nSPS) is 12.7. The SMILES string of the molecule is CC(C)(C(=O)c1ccccc1)S(=O)Oc1ccccc1. The predicted molar refractivity (Wildman–Crippen MR) is 80.1 cm³/mol. The van der Waals surface area contributed by atoms with Gasteiger partial charge in [0, 0.05) is 5.56 Å². The summed E-state index contributed by atoms with van der Waals surface area (Å²) in [5.74, 6) is 0.284. The van der Waals surface area contributed by atoms with Crippen molar-refractivity contribution in [3.8, 4) is 5.75 Å². The van der Waals surface area contributed by atoms with Gasteiger partial charge >= 0.3 is 0 Å². The van der Waals surface area contributed by atoms with Crippen LogP contribution in [0.3, 0.4) is 0 Å². The van der Waals surface area contributed by atoms with Gasteiger partial charge in [0.2, 0.25) is 11.1 Å². The van der Waals surface area contributed by atoms with Crippen molar-refractivity contribution in [2.75, 3.05) is 0 Å². The Kier molecular flexibility index (Phi) is 4.35. The largest absolute Gasteiger partial charge is 0.400 e. The molecule has 2 aromatic carbocycles. The van der Waals surface area contributed by atoms with E-state index in [1.165, 1.54) is 0 Å². The fraction of sp³-hybridized carbons (Fsp3) is 0.188. The lowest BCUT2D eigenvalue weighted by Crippen LogP contribution is -2.39. The molecule has 0 saturated heterocycles. The quantitative estimate of drug-likeness (QED) is 0.792.